The van der Waals surface area contributed by atoms with E-state index in [1.165, 1.54) is 6.42 Å². The van der Waals surface area contributed by atoms with Gasteiger partial charge in [-0.15, -0.1) is 0 Å². The standard InChI is InChI=1S/C28H38N6O5/c1-16-17(9-10-21-24(16)26(30)34-28(31)33-21)15-32-18-13-22(36-2)25(23(14-18)37-3)38-12-11-20(29)27(35)39-19-7-5-4-6-8-19/h9-10,13-14,19-20,32H,4-8,11-12,15,29H2,1-3H3,(H4,30,31,33,34). The van der Waals surface area contributed by atoms with E-state index in [0.29, 0.717) is 41.5 Å². The molecule has 4 rings (SSSR count). The van der Waals surface area contributed by atoms with Crippen molar-refractivity contribution in [1.29, 1.82) is 0 Å². The van der Waals surface area contributed by atoms with Gasteiger partial charge in [0, 0.05) is 36.2 Å². The summed E-state index contributed by atoms with van der Waals surface area (Å²) in [6.45, 7) is 2.68. The topological polar surface area (TPSA) is 170 Å². The van der Waals surface area contributed by atoms with Crippen molar-refractivity contribution in [1.82, 2.24) is 9.97 Å². The number of benzene rings is 2. The molecule has 0 spiro atoms. The van der Waals surface area contributed by atoms with Crippen molar-refractivity contribution in [3.05, 3.63) is 35.4 Å². The van der Waals surface area contributed by atoms with Crippen LogP contribution in [0.1, 0.15) is 49.7 Å². The number of carbonyl (C=O) groups excluding carboxylic acids is 1. The number of carbonyl (C=O) groups is 1. The Morgan fingerprint density at radius 1 is 1.08 bits per heavy atom. The molecule has 1 aromatic heterocycles. The Kier molecular flexibility index (Phi) is 9.13. The highest BCUT2D eigenvalue weighted by Gasteiger charge is 2.23. The van der Waals surface area contributed by atoms with Gasteiger partial charge >= 0.3 is 5.97 Å². The predicted molar refractivity (Wildman–Crippen MR) is 151 cm³/mol. The number of anilines is 3. The van der Waals surface area contributed by atoms with Gasteiger partial charge < -0.3 is 41.5 Å². The first-order valence-corrected chi connectivity index (χ1v) is 13.2. The summed E-state index contributed by atoms with van der Waals surface area (Å²) in [7, 11) is 3.11. The number of aryl methyl sites for hydroxylation is 1. The molecular weight excluding hydrogens is 500 g/mol. The fourth-order valence-electron chi connectivity index (χ4n) is 4.84. The first-order chi connectivity index (χ1) is 18.8. The minimum absolute atomic E-state index is 0.0265. The Morgan fingerprint density at radius 3 is 2.44 bits per heavy atom. The molecule has 2 aromatic carbocycles. The maximum Gasteiger partial charge on any atom is 0.323 e. The van der Waals surface area contributed by atoms with Crippen molar-refractivity contribution < 1.29 is 23.7 Å². The molecule has 11 nitrogen and oxygen atoms in total. The second-order valence-corrected chi connectivity index (χ2v) is 9.71. The predicted octanol–water partition coefficient (Wildman–Crippen LogP) is 3.70. The van der Waals surface area contributed by atoms with Crippen LogP contribution in [0.4, 0.5) is 17.5 Å². The number of ether oxygens (including phenoxy) is 4. The van der Waals surface area contributed by atoms with E-state index in [0.717, 1.165) is 47.9 Å². The third kappa shape index (κ3) is 6.72. The highest BCUT2D eigenvalue weighted by atomic mass is 16.5. The minimum Gasteiger partial charge on any atom is -0.493 e. The maximum absolute atomic E-state index is 12.4. The van der Waals surface area contributed by atoms with E-state index in [4.69, 9.17) is 36.1 Å². The van der Waals surface area contributed by atoms with Crippen molar-refractivity contribution in [2.24, 2.45) is 5.73 Å². The van der Waals surface area contributed by atoms with Crippen LogP contribution in [0.5, 0.6) is 17.2 Å². The summed E-state index contributed by atoms with van der Waals surface area (Å²) in [5.74, 6) is 1.52. The highest BCUT2D eigenvalue weighted by molar-refractivity contribution is 5.92. The Bertz CT molecular complexity index is 1290. The summed E-state index contributed by atoms with van der Waals surface area (Å²) >= 11 is 0. The zero-order valence-electron chi connectivity index (χ0n) is 22.8. The number of hydrogen-bond donors (Lipinski definition) is 4. The number of hydrogen-bond acceptors (Lipinski definition) is 11. The number of nitrogen functional groups attached to an aromatic ring is 2. The monoisotopic (exact) mass is 538 g/mol. The quantitative estimate of drug-likeness (QED) is 0.262. The minimum atomic E-state index is -0.758. The molecule has 0 saturated heterocycles. The van der Waals surface area contributed by atoms with E-state index in [2.05, 4.69) is 15.3 Å². The lowest BCUT2D eigenvalue weighted by atomic mass is 9.98. The van der Waals surface area contributed by atoms with Crippen LogP contribution in [-0.2, 0) is 16.1 Å². The molecule has 7 N–H and O–H groups in total. The molecule has 39 heavy (non-hydrogen) atoms. The summed E-state index contributed by atoms with van der Waals surface area (Å²) in [5, 5.41) is 4.18. The van der Waals surface area contributed by atoms with Crippen molar-refractivity contribution in [3.8, 4) is 17.2 Å². The number of nitrogens with two attached hydrogens (primary N) is 3. The van der Waals surface area contributed by atoms with Crippen molar-refractivity contribution in [2.75, 3.05) is 37.6 Å². The van der Waals surface area contributed by atoms with Crippen molar-refractivity contribution in [2.45, 2.75) is 64.1 Å². The molecule has 11 heteroatoms. The second-order valence-electron chi connectivity index (χ2n) is 9.71. The Balaban J connectivity index is 1.40. The molecule has 0 amide bonds. The lowest BCUT2D eigenvalue weighted by Crippen LogP contribution is -2.36. The second kappa shape index (κ2) is 12.7. The number of aromatic nitrogens is 2. The molecule has 1 saturated carbocycles. The van der Waals surface area contributed by atoms with Crippen LogP contribution in [0.25, 0.3) is 10.9 Å². The fourth-order valence-corrected chi connectivity index (χ4v) is 4.84. The SMILES string of the molecule is COc1cc(NCc2ccc3nc(N)nc(N)c3c2C)cc(OC)c1OCCC(N)C(=O)OC1CCCCC1. The Morgan fingerprint density at radius 2 is 1.77 bits per heavy atom. The molecule has 1 aliphatic rings. The van der Waals surface area contributed by atoms with Crippen LogP contribution in [0.2, 0.25) is 0 Å². The fraction of sp³-hybridized carbons (Fsp3) is 0.464. The number of nitrogens with one attached hydrogen (secondary N) is 1. The first kappa shape index (κ1) is 28.0. The first-order valence-electron chi connectivity index (χ1n) is 13.2. The zero-order chi connectivity index (χ0) is 27.9. The van der Waals surface area contributed by atoms with Crippen molar-refractivity contribution in [3.63, 3.8) is 0 Å². The average Bonchev–Trinajstić information content (AvgIpc) is 2.92. The van der Waals surface area contributed by atoms with E-state index in [-0.39, 0.29) is 24.6 Å². The molecule has 1 atom stereocenters. The van der Waals surface area contributed by atoms with Gasteiger partial charge in [0.1, 0.15) is 18.0 Å². The molecule has 0 radical (unpaired) electrons. The van der Waals surface area contributed by atoms with Gasteiger partial charge in [-0.1, -0.05) is 12.5 Å². The van der Waals surface area contributed by atoms with E-state index in [1.807, 2.05) is 31.2 Å². The van der Waals surface area contributed by atoms with Gasteiger partial charge in [0.2, 0.25) is 11.7 Å². The summed E-state index contributed by atoms with van der Waals surface area (Å²) in [4.78, 5) is 20.7. The largest absolute Gasteiger partial charge is 0.493 e. The van der Waals surface area contributed by atoms with Gasteiger partial charge in [0.25, 0.3) is 0 Å². The molecular formula is C28H38N6O5. The molecule has 1 aliphatic carbocycles. The number of nitrogens with zero attached hydrogens (tertiary/aromatic N) is 2. The van der Waals surface area contributed by atoms with Gasteiger partial charge in [-0.25, -0.2) is 4.98 Å². The average molecular weight is 539 g/mol. The van der Waals surface area contributed by atoms with Crippen LogP contribution in [0.3, 0.4) is 0 Å². The van der Waals surface area contributed by atoms with Gasteiger partial charge in [0.05, 0.1) is 26.3 Å². The number of fused-ring (bicyclic) bond motifs is 1. The third-order valence-corrected chi connectivity index (χ3v) is 7.04. The van der Waals surface area contributed by atoms with Crippen LogP contribution < -0.4 is 36.7 Å². The Hall–Kier alpha value is -3.99. The van der Waals surface area contributed by atoms with E-state index < -0.39 is 6.04 Å². The molecule has 1 unspecified atom stereocenters. The zero-order valence-corrected chi connectivity index (χ0v) is 22.8. The van der Waals surface area contributed by atoms with Crippen molar-refractivity contribution >= 4 is 34.3 Å². The normalized spacial score (nSPS) is 14.6. The van der Waals surface area contributed by atoms with E-state index in [9.17, 15) is 4.79 Å². The molecule has 1 fully saturated rings. The molecule has 1 heterocycles. The van der Waals surface area contributed by atoms with E-state index in [1.54, 1.807) is 14.2 Å². The Labute approximate surface area is 228 Å². The van der Waals surface area contributed by atoms with E-state index >= 15 is 0 Å². The summed E-state index contributed by atoms with van der Waals surface area (Å²) in [6.07, 6.45) is 5.45. The third-order valence-electron chi connectivity index (χ3n) is 7.04. The smallest absolute Gasteiger partial charge is 0.323 e. The summed E-state index contributed by atoms with van der Waals surface area (Å²) in [5.41, 5.74) is 21.4. The molecule has 210 valence electrons. The molecule has 0 bridgehead atoms. The molecule has 3 aromatic rings. The lowest BCUT2D eigenvalue weighted by molar-refractivity contribution is -0.152. The van der Waals surface area contributed by atoms with Crippen LogP contribution in [0.15, 0.2) is 24.3 Å². The van der Waals surface area contributed by atoms with Gasteiger partial charge in [-0.05, 0) is 49.8 Å². The number of rotatable bonds is 11. The highest BCUT2D eigenvalue weighted by Crippen LogP contribution is 2.40. The maximum atomic E-state index is 12.4. The van der Waals surface area contributed by atoms with Crippen LogP contribution >= 0.6 is 0 Å². The number of esters is 1. The lowest BCUT2D eigenvalue weighted by Gasteiger charge is -2.23. The summed E-state index contributed by atoms with van der Waals surface area (Å²) < 4.78 is 22.7. The molecule has 0 aliphatic heterocycles. The van der Waals surface area contributed by atoms with Crippen LogP contribution in [0, 0.1) is 6.92 Å². The van der Waals surface area contributed by atoms with Crippen LogP contribution in [-0.4, -0.2) is 48.9 Å². The van der Waals surface area contributed by atoms with Gasteiger partial charge in [-0.3, -0.25) is 4.79 Å². The van der Waals surface area contributed by atoms with Gasteiger partial charge in [-0.2, -0.15) is 4.98 Å². The summed E-state index contributed by atoms with van der Waals surface area (Å²) in [6, 6.07) is 6.74. The van der Waals surface area contributed by atoms with Gasteiger partial charge in [0.15, 0.2) is 11.5 Å². The number of methoxy groups -OCH3 is 2.